The maximum atomic E-state index is 12.4. The van der Waals surface area contributed by atoms with Crippen molar-refractivity contribution < 1.29 is 9.53 Å². The van der Waals surface area contributed by atoms with Crippen LogP contribution in [0, 0.1) is 0 Å². The molecule has 1 amide bonds. The number of carbonyl (C=O) groups excluding carboxylic acids is 1. The Hall–Kier alpha value is -0.260. The molecule has 2 heterocycles. The van der Waals surface area contributed by atoms with Crippen molar-refractivity contribution in [2.45, 2.75) is 38.3 Å². The SMILES string of the molecule is CCCOC1CCCN(C(=O)C2CSCCN2)C1. The molecule has 0 aromatic heterocycles. The minimum absolute atomic E-state index is 0.0219. The van der Waals surface area contributed by atoms with Crippen molar-refractivity contribution in [1.29, 1.82) is 0 Å². The van der Waals surface area contributed by atoms with Gasteiger partial charge in [0.15, 0.2) is 0 Å². The Bertz CT molecular complexity index is 270. The van der Waals surface area contributed by atoms with Crippen molar-refractivity contribution in [2.24, 2.45) is 0 Å². The largest absolute Gasteiger partial charge is 0.376 e. The van der Waals surface area contributed by atoms with Crippen LogP contribution >= 0.6 is 11.8 Å². The number of nitrogens with one attached hydrogen (secondary N) is 1. The van der Waals surface area contributed by atoms with Gasteiger partial charge in [-0.05, 0) is 19.3 Å². The molecule has 0 bridgehead atoms. The Morgan fingerprint density at radius 2 is 2.44 bits per heavy atom. The summed E-state index contributed by atoms with van der Waals surface area (Å²) in [6.45, 7) is 5.55. The molecular formula is C13H24N2O2S. The second-order valence-electron chi connectivity index (χ2n) is 5.00. The molecule has 0 spiro atoms. The van der Waals surface area contributed by atoms with E-state index < -0.39 is 0 Å². The quantitative estimate of drug-likeness (QED) is 0.832. The van der Waals surface area contributed by atoms with Gasteiger partial charge in [-0.15, -0.1) is 0 Å². The fourth-order valence-corrected chi connectivity index (χ4v) is 3.43. The highest BCUT2D eigenvalue weighted by atomic mass is 32.2. The van der Waals surface area contributed by atoms with Gasteiger partial charge in [0.05, 0.1) is 12.1 Å². The molecule has 1 N–H and O–H groups in total. The van der Waals surface area contributed by atoms with E-state index in [0.717, 1.165) is 57.0 Å². The predicted octanol–water partition coefficient (Wildman–Crippen LogP) is 1.11. The van der Waals surface area contributed by atoms with Gasteiger partial charge in [0, 0.05) is 37.7 Å². The summed E-state index contributed by atoms with van der Waals surface area (Å²) in [5.74, 6) is 2.30. The van der Waals surface area contributed by atoms with E-state index in [0.29, 0.717) is 0 Å². The number of likely N-dealkylation sites (tertiary alicyclic amines) is 1. The van der Waals surface area contributed by atoms with Crippen molar-refractivity contribution in [3.05, 3.63) is 0 Å². The lowest BCUT2D eigenvalue weighted by molar-refractivity contribution is -0.137. The Labute approximate surface area is 114 Å². The van der Waals surface area contributed by atoms with Crippen LogP contribution in [0.5, 0.6) is 0 Å². The smallest absolute Gasteiger partial charge is 0.240 e. The number of piperidine rings is 1. The second-order valence-corrected chi connectivity index (χ2v) is 6.15. The minimum atomic E-state index is 0.0219. The van der Waals surface area contributed by atoms with E-state index in [4.69, 9.17) is 4.74 Å². The molecule has 5 heteroatoms. The van der Waals surface area contributed by atoms with Crippen LogP contribution in [0.3, 0.4) is 0 Å². The number of rotatable bonds is 4. The van der Waals surface area contributed by atoms with Gasteiger partial charge < -0.3 is 15.0 Å². The molecule has 0 saturated carbocycles. The predicted molar refractivity (Wildman–Crippen MR) is 75.0 cm³/mol. The minimum Gasteiger partial charge on any atom is -0.376 e. The summed E-state index contributed by atoms with van der Waals surface area (Å²) in [4.78, 5) is 14.4. The maximum absolute atomic E-state index is 12.4. The van der Waals surface area contributed by atoms with Crippen LogP contribution in [0.2, 0.25) is 0 Å². The van der Waals surface area contributed by atoms with Crippen LogP contribution in [0.25, 0.3) is 0 Å². The first-order chi connectivity index (χ1) is 8.81. The molecule has 2 rings (SSSR count). The van der Waals surface area contributed by atoms with Gasteiger partial charge in [0.1, 0.15) is 0 Å². The summed E-state index contributed by atoms with van der Waals surface area (Å²) >= 11 is 1.87. The Kier molecular flexibility index (Phi) is 5.79. The van der Waals surface area contributed by atoms with Crippen LogP contribution in [-0.4, -0.2) is 60.7 Å². The van der Waals surface area contributed by atoms with Gasteiger partial charge >= 0.3 is 0 Å². The second kappa shape index (κ2) is 7.36. The monoisotopic (exact) mass is 272 g/mol. The summed E-state index contributed by atoms with van der Waals surface area (Å²) in [7, 11) is 0. The Balaban J connectivity index is 1.81. The van der Waals surface area contributed by atoms with E-state index in [1.807, 2.05) is 16.7 Å². The fraction of sp³-hybridized carbons (Fsp3) is 0.923. The molecule has 4 nitrogen and oxygen atoms in total. The van der Waals surface area contributed by atoms with E-state index in [2.05, 4.69) is 12.2 Å². The molecule has 2 atom stereocenters. The molecule has 2 aliphatic rings. The number of amides is 1. The average molecular weight is 272 g/mol. The van der Waals surface area contributed by atoms with Gasteiger partial charge in [-0.25, -0.2) is 0 Å². The van der Waals surface area contributed by atoms with Crippen LogP contribution in [-0.2, 0) is 9.53 Å². The highest BCUT2D eigenvalue weighted by Gasteiger charge is 2.29. The van der Waals surface area contributed by atoms with Gasteiger partial charge in [0.25, 0.3) is 0 Å². The molecule has 2 unspecified atom stereocenters. The van der Waals surface area contributed by atoms with Crippen LogP contribution in [0.1, 0.15) is 26.2 Å². The molecular weight excluding hydrogens is 248 g/mol. The third-order valence-electron chi connectivity index (χ3n) is 3.47. The molecule has 104 valence electrons. The summed E-state index contributed by atoms with van der Waals surface area (Å²) in [5.41, 5.74) is 0. The van der Waals surface area contributed by atoms with Gasteiger partial charge in [-0.3, -0.25) is 4.79 Å². The summed E-state index contributed by atoms with van der Waals surface area (Å²) < 4.78 is 5.78. The molecule has 18 heavy (non-hydrogen) atoms. The molecule has 0 aromatic rings. The van der Waals surface area contributed by atoms with Crippen molar-refractivity contribution >= 4 is 17.7 Å². The number of hydrogen-bond acceptors (Lipinski definition) is 4. The highest BCUT2D eigenvalue weighted by Crippen LogP contribution is 2.17. The number of nitrogens with zero attached hydrogens (tertiary/aromatic N) is 1. The third-order valence-corrected chi connectivity index (χ3v) is 4.53. The van der Waals surface area contributed by atoms with Gasteiger partial charge in [-0.1, -0.05) is 6.92 Å². The van der Waals surface area contributed by atoms with Gasteiger partial charge in [0.2, 0.25) is 5.91 Å². The lowest BCUT2D eigenvalue weighted by atomic mass is 10.1. The van der Waals surface area contributed by atoms with E-state index in [1.165, 1.54) is 0 Å². The van der Waals surface area contributed by atoms with Crippen LogP contribution in [0.4, 0.5) is 0 Å². The molecule has 0 radical (unpaired) electrons. The number of carbonyl (C=O) groups is 1. The number of hydrogen-bond donors (Lipinski definition) is 1. The Morgan fingerprint density at radius 1 is 1.56 bits per heavy atom. The lowest BCUT2D eigenvalue weighted by Crippen LogP contribution is -2.54. The first-order valence-corrected chi connectivity index (χ1v) is 8.18. The summed E-state index contributed by atoms with van der Waals surface area (Å²) in [6.07, 6.45) is 3.46. The van der Waals surface area contributed by atoms with Crippen LogP contribution in [0.15, 0.2) is 0 Å². The first-order valence-electron chi connectivity index (χ1n) is 7.02. The molecule has 0 aromatic carbocycles. The number of ether oxygens (including phenoxy) is 1. The van der Waals surface area contributed by atoms with E-state index in [-0.39, 0.29) is 18.1 Å². The zero-order chi connectivity index (χ0) is 12.8. The third kappa shape index (κ3) is 3.87. The van der Waals surface area contributed by atoms with E-state index in [9.17, 15) is 4.79 Å². The fourth-order valence-electron chi connectivity index (χ4n) is 2.50. The molecule has 0 aliphatic carbocycles. The topological polar surface area (TPSA) is 41.6 Å². The van der Waals surface area contributed by atoms with Crippen molar-refractivity contribution in [2.75, 3.05) is 37.7 Å². The zero-order valence-electron chi connectivity index (χ0n) is 11.2. The van der Waals surface area contributed by atoms with Gasteiger partial charge in [-0.2, -0.15) is 11.8 Å². The normalized spacial score (nSPS) is 29.3. The molecule has 2 fully saturated rings. The summed E-state index contributed by atoms with van der Waals surface area (Å²) in [5, 5.41) is 3.32. The standard InChI is InChI=1S/C13H24N2O2S/c1-2-7-17-11-4-3-6-15(9-11)13(16)12-10-18-8-5-14-12/h11-12,14H,2-10H2,1H3. The van der Waals surface area contributed by atoms with E-state index in [1.54, 1.807) is 0 Å². The lowest BCUT2D eigenvalue weighted by Gasteiger charge is -2.35. The average Bonchev–Trinajstić information content (AvgIpc) is 2.45. The summed E-state index contributed by atoms with van der Waals surface area (Å²) in [6, 6.07) is 0.0219. The molecule has 2 saturated heterocycles. The molecule has 2 aliphatic heterocycles. The van der Waals surface area contributed by atoms with Crippen LogP contribution < -0.4 is 5.32 Å². The maximum Gasteiger partial charge on any atom is 0.240 e. The highest BCUT2D eigenvalue weighted by molar-refractivity contribution is 7.99. The first kappa shape index (κ1) is 14.2. The van der Waals surface area contributed by atoms with E-state index >= 15 is 0 Å². The van der Waals surface area contributed by atoms with Crippen molar-refractivity contribution in [3.63, 3.8) is 0 Å². The zero-order valence-corrected chi connectivity index (χ0v) is 12.0. The van der Waals surface area contributed by atoms with Crippen molar-refractivity contribution in [1.82, 2.24) is 10.2 Å². The Morgan fingerprint density at radius 3 is 3.17 bits per heavy atom. The number of thioether (sulfide) groups is 1. The van der Waals surface area contributed by atoms with Crippen molar-refractivity contribution in [3.8, 4) is 0 Å².